The van der Waals surface area contributed by atoms with Crippen LogP contribution in [0.25, 0.3) is 21.9 Å². The van der Waals surface area contributed by atoms with E-state index in [0.29, 0.717) is 5.39 Å². The summed E-state index contributed by atoms with van der Waals surface area (Å²) in [7, 11) is 0. The summed E-state index contributed by atoms with van der Waals surface area (Å²) >= 11 is 0. The smallest absolute Gasteiger partial charge is 0.134 e. The molecule has 0 heterocycles. The second-order valence-corrected chi connectivity index (χ2v) is 8.48. The van der Waals surface area contributed by atoms with E-state index in [4.69, 9.17) is 0 Å². The van der Waals surface area contributed by atoms with Crippen LogP contribution in [0.3, 0.4) is 0 Å². The number of unbranched alkanes of at least 4 members (excludes halogenated alkanes) is 3. The van der Waals surface area contributed by atoms with Gasteiger partial charge >= 0.3 is 0 Å². The summed E-state index contributed by atoms with van der Waals surface area (Å²) in [6.45, 7) is 4.29. The van der Waals surface area contributed by atoms with Crippen LogP contribution in [0.5, 0.6) is 0 Å². The number of fused-ring (bicyclic) bond motifs is 1. The SMILES string of the molecule is CCCCCCc1ccc2cc(C#Cc3ccc(-c4ccc(C)cc4)cc3)ccc2c1F. The maximum absolute atomic E-state index is 14.9. The first kappa shape index (κ1) is 21.8. The summed E-state index contributed by atoms with van der Waals surface area (Å²) in [4.78, 5) is 0. The van der Waals surface area contributed by atoms with E-state index in [0.717, 1.165) is 41.3 Å². The Bertz CT molecular complexity index is 1250. The van der Waals surface area contributed by atoms with Crippen molar-refractivity contribution in [2.24, 2.45) is 0 Å². The van der Waals surface area contributed by atoms with Crippen molar-refractivity contribution in [2.45, 2.75) is 46.0 Å². The van der Waals surface area contributed by atoms with E-state index in [-0.39, 0.29) is 5.82 Å². The Labute approximate surface area is 191 Å². The quantitative estimate of drug-likeness (QED) is 0.217. The molecule has 0 bridgehead atoms. The summed E-state index contributed by atoms with van der Waals surface area (Å²) in [6, 6.07) is 26.6. The molecular formula is C31H29F. The van der Waals surface area contributed by atoms with Gasteiger partial charge in [0.25, 0.3) is 0 Å². The molecule has 0 unspecified atom stereocenters. The standard InChI is InChI=1S/C31H29F/c1-3-4-5-6-7-28-19-20-29-22-25(14-21-30(29)31(28)32)11-10-24-12-17-27(18-13-24)26-15-8-23(2)9-16-26/h8-9,12-22H,3-7H2,1-2H3. The molecule has 0 saturated carbocycles. The Morgan fingerprint density at radius 3 is 2.06 bits per heavy atom. The molecule has 0 saturated heterocycles. The van der Waals surface area contributed by atoms with Gasteiger partial charge in [-0.15, -0.1) is 0 Å². The Balaban J connectivity index is 1.49. The lowest BCUT2D eigenvalue weighted by Crippen LogP contribution is -1.93. The zero-order valence-electron chi connectivity index (χ0n) is 18.9. The molecule has 0 aliphatic carbocycles. The lowest BCUT2D eigenvalue weighted by molar-refractivity contribution is 0.603. The fourth-order valence-electron chi connectivity index (χ4n) is 3.99. The molecule has 0 spiro atoms. The Kier molecular flexibility index (Phi) is 7.03. The number of hydrogen-bond donors (Lipinski definition) is 0. The van der Waals surface area contributed by atoms with Crippen LogP contribution >= 0.6 is 0 Å². The monoisotopic (exact) mass is 420 g/mol. The first-order chi connectivity index (χ1) is 15.6. The van der Waals surface area contributed by atoms with E-state index < -0.39 is 0 Å². The van der Waals surface area contributed by atoms with Gasteiger partial charge in [-0.1, -0.05) is 98.2 Å². The Morgan fingerprint density at radius 2 is 1.34 bits per heavy atom. The lowest BCUT2D eigenvalue weighted by atomic mass is 9.99. The second-order valence-electron chi connectivity index (χ2n) is 8.48. The van der Waals surface area contributed by atoms with Crippen molar-refractivity contribution in [1.29, 1.82) is 0 Å². The van der Waals surface area contributed by atoms with Crippen molar-refractivity contribution in [1.82, 2.24) is 0 Å². The first-order valence-electron chi connectivity index (χ1n) is 11.5. The van der Waals surface area contributed by atoms with Gasteiger partial charge in [0.05, 0.1) is 0 Å². The molecule has 0 radical (unpaired) electrons. The van der Waals surface area contributed by atoms with E-state index in [9.17, 15) is 4.39 Å². The third-order valence-electron chi connectivity index (χ3n) is 5.95. The average molecular weight is 421 g/mol. The average Bonchev–Trinajstić information content (AvgIpc) is 2.82. The zero-order valence-corrected chi connectivity index (χ0v) is 18.9. The van der Waals surface area contributed by atoms with Crippen LogP contribution in [0.15, 0.2) is 78.9 Å². The van der Waals surface area contributed by atoms with Gasteiger partial charge in [0.15, 0.2) is 0 Å². The molecule has 4 rings (SSSR count). The maximum Gasteiger partial charge on any atom is 0.134 e. The molecule has 4 aromatic rings. The van der Waals surface area contributed by atoms with Crippen LogP contribution < -0.4 is 0 Å². The molecule has 4 aromatic carbocycles. The minimum atomic E-state index is -0.0785. The molecule has 160 valence electrons. The van der Waals surface area contributed by atoms with Crippen LogP contribution in [-0.4, -0.2) is 0 Å². The molecule has 0 nitrogen and oxygen atoms in total. The third-order valence-corrected chi connectivity index (χ3v) is 5.95. The Hall–Kier alpha value is -3.37. The molecular weight excluding hydrogens is 391 g/mol. The van der Waals surface area contributed by atoms with Crippen molar-refractivity contribution in [3.63, 3.8) is 0 Å². The van der Waals surface area contributed by atoms with Crippen LogP contribution in [0, 0.1) is 24.6 Å². The Morgan fingerprint density at radius 1 is 0.688 bits per heavy atom. The molecule has 1 heteroatoms. The molecule has 0 N–H and O–H groups in total. The van der Waals surface area contributed by atoms with Crippen LogP contribution in [0.1, 0.15) is 54.9 Å². The van der Waals surface area contributed by atoms with Gasteiger partial charge in [0.2, 0.25) is 0 Å². The van der Waals surface area contributed by atoms with Gasteiger partial charge in [-0.3, -0.25) is 0 Å². The number of halogens is 1. The highest BCUT2D eigenvalue weighted by atomic mass is 19.1. The fraction of sp³-hybridized carbons (Fsp3) is 0.226. The van der Waals surface area contributed by atoms with E-state index in [1.54, 1.807) is 0 Å². The molecule has 0 aliphatic rings. The van der Waals surface area contributed by atoms with Crippen molar-refractivity contribution >= 4 is 10.8 Å². The van der Waals surface area contributed by atoms with Crippen molar-refractivity contribution in [2.75, 3.05) is 0 Å². The molecule has 0 atom stereocenters. The number of rotatable bonds is 6. The van der Waals surface area contributed by atoms with Gasteiger partial charge in [0, 0.05) is 16.5 Å². The summed E-state index contributed by atoms with van der Waals surface area (Å²) in [5.41, 5.74) is 6.33. The van der Waals surface area contributed by atoms with Gasteiger partial charge in [-0.2, -0.15) is 0 Å². The minimum absolute atomic E-state index is 0.0785. The summed E-state index contributed by atoms with van der Waals surface area (Å²) in [6.07, 6.45) is 5.42. The fourth-order valence-corrected chi connectivity index (χ4v) is 3.99. The maximum atomic E-state index is 14.9. The molecule has 0 amide bonds. The largest absolute Gasteiger partial charge is 0.206 e. The topological polar surface area (TPSA) is 0 Å². The number of benzene rings is 4. The molecule has 0 aromatic heterocycles. The highest BCUT2D eigenvalue weighted by Crippen LogP contribution is 2.24. The molecule has 0 aliphatic heterocycles. The normalized spacial score (nSPS) is 10.7. The lowest BCUT2D eigenvalue weighted by Gasteiger charge is -2.07. The van der Waals surface area contributed by atoms with Gasteiger partial charge < -0.3 is 0 Å². The number of aryl methyl sites for hydroxylation is 2. The third kappa shape index (κ3) is 5.27. The highest BCUT2D eigenvalue weighted by molar-refractivity contribution is 5.85. The van der Waals surface area contributed by atoms with E-state index in [1.807, 2.05) is 42.5 Å². The van der Waals surface area contributed by atoms with Gasteiger partial charge in [-0.25, -0.2) is 4.39 Å². The summed E-state index contributed by atoms with van der Waals surface area (Å²) in [5.74, 6) is 6.39. The predicted octanol–water partition coefficient (Wildman–Crippen LogP) is 8.48. The first-order valence-corrected chi connectivity index (χ1v) is 11.5. The van der Waals surface area contributed by atoms with Crippen LogP contribution in [-0.2, 0) is 6.42 Å². The zero-order chi connectivity index (χ0) is 22.3. The van der Waals surface area contributed by atoms with Gasteiger partial charge in [0.1, 0.15) is 5.82 Å². The van der Waals surface area contributed by atoms with E-state index >= 15 is 0 Å². The van der Waals surface area contributed by atoms with Crippen molar-refractivity contribution in [3.05, 3.63) is 107 Å². The molecule has 32 heavy (non-hydrogen) atoms. The van der Waals surface area contributed by atoms with Crippen LogP contribution in [0.4, 0.5) is 4.39 Å². The summed E-state index contributed by atoms with van der Waals surface area (Å²) in [5, 5.41) is 1.59. The van der Waals surface area contributed by atoms with Crippen molar-refractivity contribution < 1.29 is 4.39 Å². The van der Waals surface area contributed by atoms with Crippen LogP contribution in [0.2, 0.25) is 0 Å². The van der Waals surface area contributed by atoms with Gasteiger partial charge in [-0.05, 0) is 66.1 Å². The predicted molar refractivity (Wildman–Crippen MR) is 134 cm³/mol. The minimum Gasteiger partial charge on any atom is -0.206 e. The second kappa shape index (κ2) is 10.3. The summed E-state index contributed by atoms with van der Waals surface area (Å²) < 4.78 is 14.9. The van der Waals surface area contributed by atoms with E-state index in [1.165, 1.54) is 29.5 Å². The van der Waals surface area contributed by atoms with Crippen molar-refractivity contribution in [3.8, 4) is 23.0 Å². The van der Waals surface area contributed by atoms with E-state index in [2.05, 4.69) is 62.1 Å². The molecule has 0 fully saturated rings. The highest BCUT2D eigenvalue weighted by Gasteiger charge is 2.07. The number of hydrogen-bond acceptors (Lipinski definition) is 0.